The molecular formula is C17H29Cl2N3O2. The van der Waals surface area contributed by atoms with E-state index in [1.807, 2.05) is 37.1 Å². The van der Waals surface area contributed by atoms with E-state index in [-0.39, 0.29) is 36.6 Å². The van der Waals surface area contributed by atoms with Crippen molar-refractivity contribution in [2.45, 2.75) is 13.5 Å². The standard InChI is InChI=1S/C17H27N3O2.2ClH/c1-14(12-18-2)17(21)20-10-8-19(9-11-20)13-15-6-4-5-7-16(15)22-3;;/h4-7,14,18H,8-13H2,1-3H3;2*1H. The molecule has 0 bridgehead atoms. The Kier molecular flexibility index (Phi) is 11.0. The third kappa shape index (κ3) is 6.13. The molecule has 0 spiro atoms. The van der Waals surface area contributed by atoms with Gasteiger partial charge in [0.05, 0.1) is 7.11 Å². The number of para-hydroxylation sites is 1. The number of rotatable bonds is 6. The number of nitrogens with one attached hydrogen (secondary N) is 1. The summed E-state index contributed by atoms with van der Waals surface area (Å²) in [4.78, 5) is 16.7. The van der Waals surface area contributed by atoms with Crippen LogP contribution in [0.5, 0.6) is 5.75 Å². The molecule has 1 aromatic rings. The highest BCUT2D eigenvalue weighted by Gasteiger charge is 2.24. The van der Waals surface area contributed by atoms with E-state index in [2.05, 4.69) is 16.3 Å². The first-order chi connectivity index (χ1) is 10.7. The first-order valence-electron chi connectivity index (χ1n) is 7.93. The number of ether oxygens (including phenoxy) is 1. The van der Waals surface area contributed by atoms with Crippen molar-refractivity contribution in [2.75, 3.05) is 46.9 Å². The highest BCUT2D eigenvalue weighted by Crippen LogP contribution is 2.20. The van der Waals surface area contributed by atoms with Gasteiger partial charge in [0.2, 0.25) is 5.91 Å². The van der Waals surface area contributed by atoms with Gasteiger partial charge in [-0.2, -0.15) is 0 Å². The lowest BCUT2D eigenvalue weighted by atomic mass is 10.1. The minimum absolute atomic E-state index is 0. The van der Waals surface area contributed by atoms with E-state index in [0.717, 1.165) is 45.0 Å². The van der Waals surface area contributed by atoms with Gasteiger partial charge in [-0.1, -0.05) is 25.1 Å². The molecule has 0 aliphatic carbocycles. The van der Waals surface area contributed by atoms with E-state index in [1.165, 1.54) is 5.56 Å². The van der Waals surface area contributed by atoms with Crippen molar-refractivity contribution in [2.24, 2.45) is 5.92 Å². The van der Waals surface area contributed by atoms with Gasteiger partial charge in [-0.25, -0.2) is 0 Å². The fraction of sp³-hybridized carbons (Fsp3) is 0.588. The SMILES string of the molecule is CNCC(C)C(=O)N1CCN(Cc2ccccc2OC)CC1.Cl.Cl. The van der Waals surface area contributed by atoms with Gasteiger partial charge in [-0.05, 0) is 13.1 Å². The van der Waals surface area contributed by atoms with Crippen LogP contribution in [0.25, 0.3) is 0 Å². The number of carbonyl (C=O) groups excluding carboxylic acids is 1. The molecule has 0 saturated carbocycles. The lowest BCUT2D eigenvalue weighted by Crippen LogP contribution is -2.50. The van der Waals surface area contributed by atoms with Gasteiger partial charge in [0.15, 0.2) is 0 Å². The van der Waals surface area contributed by atoms with Gasteiger partial charge in [0, 0.05) is 50.7 Å². The molecule has 2 rings (SSSR count). The van der Waals surface area contributed by atoms with Crippen LogP contribution in [0.15, 0.2) is 24.3 Å². The Bertz CT molecular complexity index is 494. The van der Waals surface area contributed by atoms with Crippen LogP contribution in [0.2, 0.25) is 0 Å². The summed E-state index contributed by atoms with van der Waals surface area (Å²) in [5.74, 6) is 1.24. The Morgan fingerprint density at radius 3 is 2.42 bits per heavy atom. The van der Waals surface area contributed by atoms with Gasteiger partial charge < -0.3 is 15.0 Å². The van der Waals surface area contributed by atoms with E-state index < -0.39 is 0 Å². The fourth-order valence-corrected chi connectivity index (χ4v) is 2.91. The maximum atomic E-state index is 12.3. The summed E-state index contributed by atoms with van der Waals surface area (Å²) in [7, 11) is 3.59. The minimum atomic E-state index is 0. The van der Waals surface area contributed by atoms with Crippen molar-refractivity contribution < 1.29 is 9.53 Å². The second-order valence-electron chi connectivity index (χ2n) is 5.87. The third-order valence-corrected chi connectivity index (χ3v) is 4.20. The van der Waals surface area contributed by atoms with Gasteiger partial charge in [-0.15, -0.1) is 24.8 Å². The molecule has 1 saturated heterocycles. The number of nitrogens with zero attached hydrogens (tertiary/aromatic N) is 2. The highest BCUT2D eigenvalue weighted by atomic mass is 35.5. The first kappa shape index (κ1) is 23.0. The molecule has 138 valence electrons. The topological polar surface area (TPSA) is 44.8 Å². The largest absolute Gasteiger partial charge is 0.496 e. The summed E-state index contributed by atoms with van der Waals surface area (Å²) < 4.78 is 5.41. The van der Waals surface area contributed by atoms with Crippen LogP contribution in [0.4, 0.5) is 0 Å². The van der Waals surface area contributed by atoms with Crippen molar-refractivity contribution in [3.63, 3.8) is 0 Å². The van der Waals surface area contributed by atoms with Crippen LogP contribution in [-0.2, 0) is 11.3 Å². The Hall–Kier alpha value is -1.01. The first-order valence-corrected chi connectivity index (χ1v) is 7.93. The zero-order chi connectivity index (χ0) is 15.9. The molecule has 1 atom stereocenters. The Balaban J connectivity index is 0.00000264. The van der Waals surface area contributed by atoms with Gasteiger partial charge in [0.25, 0.3) is 0 Å². The molecular weight excluding hydrogens is 349 g/mol. The van der Waals surface area contributed by atoms with Gasteiger partial charge in [-0.3, -0.25) is 9.69 Å². The molecule has 0 aromatic heterocycles. The molecule has 24 heavy (non-hydrogen) atoms. The van der Waals surface area contributed by atoms with Crippen LogP contribution in [0.3, 0.4) is 0 Å². The average Bonchev–Trinajstić information content (AvgIpc) is 2.55. The molecule has 5 nitrogen and oxygen atoms in total. The zero-order valence-corrected chi connectivity index (χ0v) is 16.3. The molecule has 1 heterocycles. The Morgan fingerprint density at radius 2 is 1.83 bits per heavy atom. The van der Waals surface area contributed by atoms with Crippen LogP contribution in [0, 0.1) is 5.92 Å². The van der Waals surface area contributed by atoms with E-state index in [9.17, 15) is 4.79 Å². The van der Waals surface area contributed by atoms with Crippen LogP contribution < -0.4 is 10.1 Å². The third-order valence-electron chi connectivity index (χ3n) is 4.20. The van der Waals surface area contributed by atoms with E-state index >= 15 is 0 Å². The summed E-state index contributed by atoms with van der Waals surface area (Å²) in [6, 6.07) is 8.12. The number of methoxy groups -OCH3 is 1. The maximum Gasteiger partial charge on any atom is 0.226 e. The fourth-order valence-electron chi connectivity index (χ4n) is 2.91. The predicted molar refractivity (Wildman–Crippen MR) is 102 cm³/mol. The monoisotopic (exact) mass is 377 g/mol. The van der Waals surface area contributed by atoms with Crippen molar-refractivity contribution in [3.8, 4) is 5.75 Å². The lowest BCUT2D eigenvalue weighted by Gasteiger charge is -2.36. The van der Waals surface area contributed by atoms with Crippen molar-refractivity contribution in [1.82, 2.24) is 15.1 Å². The molecule has 1 amide bonds. The summed E-state index contributed by atoms with van der Waals surface area (Å²) in [6.45, 7) is 7.04. The normalized spacial score (nSPS) is 15.9. The summed E-state index contributed by atoms with van der Waals surface area (Å²) >= 11 is 0. The Morgan fingerprint density at radius 1 is 1.21 bits per heavy atom. The zero-order valence-electron chi connectivity index (χ0n) is 14.7. The summed E-state index contributed by atoms with van der Waals surface area (Å²) in [5.41, 5.74) is 1.20. The molecule has 1 fully saturated rings. The van der Waals surface area contributed by atoms with Gasteiger partial charge in [0.1, 0.15) is 5.75 Å². The van der Waals surface area contributed by atoms with Crippen LogP contribution >= 0.6 is 24.8 Å². The molecule has 1 aromatic carbocycles. The lowest BCUT2D eigenvalue weighted by molar-refractivity contribution is -0.136. The highest BCUT2D eigenvalue weighted by molar-refractivity contribution is 5.85. The minimum Gasteiger partial charge on any atom is -0.496 e. The van der Waals surface area contributed by atoms with Crippen molar-refractivity contribution >= 4 is 30.7 Å². The molecule has 1 N–H and O–H groups in total. The van der Waals surface area contributed by atoms with E-state index in [0.29, 0.717) is 0 Å². The van der Waals surface area contributed by atoms with Gasteiger partial charge >= 0.3 is 0 Å². The smallest absolute Gasteiger partial charge is 0.226 e. The number of piperazine rings is 1. The molecule has 7 heteroatoms. The Labute approximate surface area is 157 Å². The second-order valence-corrected chi connectivity index (χ2v) is 5.87. The van der Waals surface area contributed by atoms with Crippen molar-refractivity contribution in [1.29, 1.82) is 0 Å². The molecule has 0 radical (unpaired) electrons. The van der Waals surface area contributed by atoms with Crippen LogP contribution in [-0.4, -0.2) is 62.6 Å². The molecule has 1 aliphatic rings. The summed E-state index contributed by atoms with van der Waals surface area (Å²) in [6.07, 6.45) is 0. The quantitative estimate of drug-likeness (QED) is 0.823. The number of hydrogen-bond donors (Lipinski definition) is 1. The van der Waals surface area contributed by atoms with E-state index in [4.69, 9.17) is 4.74 Å². The van der Waals surface area contributed by atoms with Crippen LogP contribution in [0.1, 0.15) is 12.5 Å². The number of benzene rings is 1. The number of hydrogen-bond acceptors (Lipinski definition) is 4. The molecule has 1 aliphatic heterocycles. The number of carbonyl (C=O) groups is 1. The predicted octanol–water partition coefficient (Wildman–Crippen LogP) is 2.04. The van der Waals surface area contributed by atoms with E-state index in [1.54, 1.807) is 7.11 Å². The number of amides is 1. The average molecular weight is 378 g/mol. The maximum absolute atomic E-state index is 12.3. The second kappa shape index (κ2) is 11.5. The number of halogens is 2. The van der Waals surface area contributed by atoms with Crippen molar-refractivity contribution in [3.05, 3.63) is 29.8 Å². The molecule has 1 unspecified atom stereocenters. The summed E-state index contributed by atoms with van der Waals surface area (Å²) in [5, 5.41) is 3.07.